The van der Waals surface area contributed by atoms with Gasteiger partial charge in [0.05, 0.1) is 12.2 Å². The molecule has 18 heavy (non-hydrogen) atoms. The highest BCUT2D eigenvalue weighted by molar-refractivity contribution is 7.98. The fourth-order valence-electron chi connectivity index (χ4n) is 1.38. The Labute approximate surface area is 110 Å². The number of amides is 1. The molecule has 0 bridgehead atoms. The number of thioether (sulfide) groups is 1. The number of esters is 1. The molecule has 7 heteroatoms. The fourth-order valence-corrected chi connectivity index (χ4v) is 1.95. The summed E-state index contributed by atoms with van der Waals surface area (Å²) in [5.74, 6) is -0.770. The molecule has 1 atom stereocenters. The van der Waals surface area contributed by atoms with Gasteiger partial charge in [-0.2, -0.15) is 5.10 Å². The molecule has 0 radical (unpaired) electrons. The third-order valence-corrected chi connectivity index (χ3v) is 2.91. The van der Waals surface area contributed by atoms with E-state index in [2.05, 4.69) is 10.4 Å². The molecule has 1 aromatic heterocycles. The van der Waals surface area contributed by atoms with Gasteiger partial charge in [-0.3, -0.25) is 9.48 Å². The number of aryl methyl sites for hydroxylation is 1. The minimum atomic E-state index is -0.674. The smallest absolute Gasteiger partial charge is 0.328 e. The topological polar surface area (TPSA) is 73.2 Å². The van der Waals surface area contributed by atoms with Gasteiger partial charge < -0.3 is 10.1 Å². The maximum atomic E-state index is 12.0. The minimum Gasteiger partial charge on any atom is -0.464 e. The van der Waals surface area contributed by atoms with Crippen LogP contribution < -0.4 is 5.32 Å². The van der Waals surface area contributed by atoms with Crippen molar-refractivity contribution < 1.29 is 14.3 Å². The van der Waals surface area contributed by atoms with E-state index < -0.39 is 12.0 Å². The Morgan fingerprint density at radius 3 is 2.83 bits per heavy atom. The molecule has 1 aromatic rings. The predicted molar refractivity (Wildman–Crippen MR) is 68.6 cm³/mol. The Kier molecular flexibility index (Phi) is 5.21. The van der Waals surface area contributed by atoms with Crippen LogP contribution in [0.25, 0.3) is 0 Å². The largest absolute Gasteiger partial charge is 0.464 e. The van der Waals surface area contributed by atoms with Crippen LogP contribution >= 0.6 is 11.8 Å². The first kappa shape index (κ1) is 14.6. The molecule has 0 saturated carbocycles. The average molecular weight is 271 g/mol. The van der Waals surface area contributed by atoms with Crippen LogP contribution in [0.3, 0.4) is 0 Å². The van der Waals surface area contributed by atoms with Crippen LogP contribution in [-0.4, -0.2) is 40.6 Å². The summed E-state index contributed by atoms with van der Waals surface area (Å²) in [6.07, 6.45) is 3.47. The number of hydrogen-bond acceptors (Lipinski definition) is 5. The Balaban J connectivity index is 2.73. The van der Waals surface area contributed by atoms with Crippen molar-refractivity contribution in [1.29, 1.82) is 0 Å². The first-order valence-electron chi connectivity index (χ1n) is 5.54. The second kappa shape index (κ2) is 6.44. The van der Waals surface area contributed by atoms with Crippen LogP contribution in [0.1, 0.15) is 24.2 Å². The molecule has 0 aromatic carbocycles. The van der Waals surface area contributed by atoms with E-state index >= 15 is 0 Å². The van der Waals surface area contributed by atoms with Gasteiger partial charge in [0, 0.05) is 13.2 Å². The van der Waals surface area contributed by atoms with Crippen molar-refractivity contribution in [3.8, 4) is 0 Å². The summed E-state index contributed by atoms with van der Waals surface area (Å²) in [6.45, 7) is 3.60. The van der Waals surface area contributed by atoms with Gasteiger partial charge in [0.1, 0.15) is 11.1 Å². The lowest BCUT2D eigenvalue weighted by molar-refractivity contribution is -0.144. The highest BCUT2D eigenvalue weighted by atomic mass is 32.2. The van der Waals surface area contributed by atoms with Gasteiger partial charge in [-0.1, -0.05) is 0 Å². The van der Waals surface area contributed by atoms with Gasteiger partial charge >= 0.3 is 5.97 Å². The van der Waals surface area contributed by atoms with E-state index in [0.717, 1.165) is 0 Å². The monoisotopic (exact) mass is 271 g/mol. The zero-order valence-electron chi connectivity index (χ0n) is 10.9. The number of nitrogens with zero attached hydrogens (tertiary/aromatic N) is 2. The quantitative estimate of drug-likeness (QED) is 0.634. The maximum Gasteiger partial charge on any atom is 0.328 e. The lowest BCUT2D eigenvalue weighted by Gasteiger charge is -2.12. The van der Waals surface area contributed by atoms with Gasteiger partial charge in [-0.15, -0.1) is 11.8 Å². The van der Waals surface area contributed by atoms with Crippen molar-refractivity contribution >= 4 is 23.6 Å². The van der Waals surface area contributed by atoms with Crippen LogP contribution in [0.15, 0.2) is 11.2 Å². The zero-order valence-corrected chi connectivity index (χ0v) is 11.7. The highest BCUT2D eigenvalue weighted by Gasteiger charge is 2.21. The van der Waals surface area contributed by atoms with Crippen molar-refractivity contribution in [2.45, 2.75) is 24.9 Å². The summed E-state index contributed by atoms with van der Waals surface area (Å²) in [6, 6.07) is -0.674. The Bertz CT molecular complexity index is 445. The highest BCUT2D eigenvalue weighted by Crippen LogP contribution is 2.17. The van der Waals surface area contributed by atoms with E-state index in [1.165, 1.54) is 11.8 Å². The van der Waals surface area contributed by atoms with Gasteiger partial charge in [0.15, 0.2) is 0 Å². The predicted octanol–water partition coefficient (Wildman–Crippen LogP) is 0.823. The third kappa shape index (κ3) is 3.49. The second-order valence-electron chi connectivity index (χ2n) is 3.67. The van der Waals surface area contributed by atoms with Crippen LogP contribution in [0.4, 0.5) is 0 Å². The van der Waals surface area contributed by atoms with Gasteiger partial charge in [-0.05, 0) is 20.1 Å². The molecule has 1 N–H and O–H groups in total. The first-order chi connectivity index (χ1) is 8.49. The van der Waals surface area contributed by atoms with E-state index in [1.807, 2.05) is 6.26 Å². The molecular formula is C11H17N3O3S. The lowest BCUT2D eigenvalue weighted by atomic mass is 10.3. The molecule has 0 aliphatic heterocycles. The first-order valence-corrected chi connectivity index (χ1v) is 6.77. The van der Waals surface area contributed by atoms with Gasteiger partial charge in [-0.25, -0.2) is 4.79 Å². The van der Waals surface area contributed by atoms with Crippen molar-refractivity contribution in [2.24, 2.45) is 7.05 Å². The lowest BCUT2D eigenvalue weighted by Crippen LogP contribution is -2.39. The molecular weight excluding hydrogens is 254 g/mol. The normalized spacial score (nSPS) is 12.0. The van der Waals surface area contributed by atoms with Crippen LogP contribution in [-0.2, 0) is 16.6 Å². The molecule has 0 aliphatic carbocycles. The maximum absolute atomic E-state index is 12.0. The van der Waals surface area contributed by atoms with Crippen molar-refractivity contribution in [3.05, 3.63) is 11.8 Å². The van der Waals surface area contributed by atoms with Crippen LogP contribution in [0.2, 0.25) is 0 Å². The Hall–Kier alpha value is -1.50. The molecule has 0 fully saturated rings. The number of rotatable bonds is 5. The molecule has 1 rings (SSSR count). The zero-order chi connectivity index (χ0) is 13.7. The van der Waals surface area contributed by atoms with Crippen LogP contribution in [0, 0.1) is 0 Å². The van der Waals surface area contributed by atoms with Gasteiger partial charge in [0.25, 0.3) is 5.91 Å². The third-order valence-electron chi connectivity index (χ3n) is 2.22. The molecule has 0 saturated heterocycles. The van der Waals surface area contributed by atoms with Crippen molar-refractivity contribution in [2.75, 3.05) is 12.9 Å². The van der Waals surface area contributed by atoms with E-state index in [0.29, 0.717) is 17.2 Å². The molecule has 100 valence electrons. The van der Waals surface area contributed by atoms with E-state index in [9.17, 15) is 9.59 Å². The summed E-state index contributed by atoms with van der Waals surface area (Å²) >= 11 is 1.38. The molecule has 6 nitrogen and oxygen atoms in total. The second-order valence-corrected chi connectivity index (χ2v) is 4.47. The summed E-state index contributed by atoms with van der Waals surface area (Å²) in [5.41, 5.74) is 0.459. The number of aromatic nitrogens is 2. The van der Waals surface area contributed by atoms with Gasteiger partial charge in [0.2, 0.25) is 0 Å². The molecule has 1 amide bonds. The molecule has 1 unspecified atom stereocenters. The SMILES string of the molecule is CCOC(=O)C(C)NC(=O)c1cn(C)nc1SC. The average Bonchev–Trinajstić information content (AvgIpc) is 2.70. The van der Waals surface area contributed by atoms with Crippen LogP contribution in [0.5, 0.6) is 0 Å². The number of carbonyl (C=O) groups is 2. The number of carbonyl (C=O) groups excluding carboxylic acids is 2. The fraction of sp³-hybridized carbons (Fsp3) is 0.545. The summed E-state index contributed by atoms with van der Waals surface area (Å²) in [5, 5.41) is 7.36. The molecule has 0 aliphatic rings. The molecule has 0 spiro atoms. The summed E-state index contributed by atoms with van der Waals surface area (Å²) < 4.78 is 6.39. The Morgan fingerprint density at radius 2 is 2.28 bits per heavy atom. The summed E-state index contributed by atoms with van der Waals surface area (Å²) in [4.78, 5) is 23.4. The standard InChI is InChI=1S/C11H17N3O3S/c1-5-17-11(16)7(2)12-9(15)8-6-14(3)13-10(8)18-4/h6-7H,5H2,1-4H3,(H,12,15). The number of nitrogens with one attached hydrogen (secondary N) is 1. The van der Waals surface area contributed by atoms with Crippen molar-refractivity contribution in [1.82, 2.24) is 15.1 Å². The van der Waals surface area contributed by atoms with E-state index in [1.54, 1.807) is 31.8 Å². The Morgan fingerprint density at radius 1 is 1.61 bits per heavy atom. The number of hydrogen-bond donors (Lipinski definition) is 1. The molecule has 1 heterocycles. The summed E-state index contributed by atoms with van der Waals surface area (Å²) in [7, 11) is 1.74. The number of ether oxygens (including phenoxy) is 1. The van der Waals surface area contributed by atoms with E-state index in [-0.39, 0.29) is 5.91 Å². The minimum absolute atomic E-state index is 0.294. The van der Waals surface area contributed by atoms with E-state index in [4.69, 9.17) is 4.74 Å². The van der Waals surface area contributed by atoms with Crippen molar-refractivity contribution in [3.63, 3.8) is 0 Å².